The van der Waals surface area contributed by atoms with Gasteiger partial charge >= 0.3 is 5.97 Å². The van der Waals surface area contributed by atoms with E-state index in [1.54, 1.807) is 6.07 Å². The maximum absolute atomic E-state index is 11.1. The van der Waals surface area contributed by atoms with Crippen LogP contribution in [0.15, 0.2) is 18.2 Å². The van der Waals surface area contributed by atoms with Crippen molar-refractivity contribution in [2.75, 3.05) is 33.8 Å². The summed E-state index contributed by atoms with van der Waals surface area (Å²) in [7, 11) is 3.67. The first-order valence-electron chi connectivity index (χ1n) is 7.34. The van der Waals surface area contributed by atoms with E-state index in [-0.39, 0.29) is 5.56 Å². The molecule has 1 aliphatic heterocycles. The standard InChI is InChI=1S/C16H24N2O3/c1-12-10-17(2)7-4-8-18(12)11-13-5-6-14(16(19)20)15(9-13)21-3/h5-6,9,12H,4,7-8,10-11H2,1-3H3,(H,19,20). The topological polar surface area (TPSA) is 53.0 Å². The van der Waals surface area contributed by atoms with Crippen LogP contribution in [0.2, 0.25) is 0 Å². The summed E-state index contributed by atoms with van der Waals surface area (Å²) in [6, 6.07) is 5.84. The van der Waals surface area contributed by atoms with Crippen LogP contribution in [-0.4, -0.2) is 60.7 Å². The lowest BCUT2D eigenvalue weighted by Crippen LogP contribution is -2.37. The minimum atomic E-state index is -0.955. The second kappa shape index (κ2) is 6.91. The number of rotatable bonds is 4. The van der Waals surface area contributed by atoms with Crippen molar-refractivity contribution in [3.8, 4) is 5.75 Å². The molecular weight excluding hydrogens is 268 g/mol. The molecule has 116 valence electrons. The number of hydrogen-bond acceptors (Lipinski definition) is 4. The van der Waals surface area contributed by atoms with Gasteiger partial charge in [-0.15, -0.1) is 0 Å². The lowest BCUT2D eigenvalue weighted by atomic mass is 10.1. The van der Waals surface area contributed by atoms with E-state index in [1.807, 2.05) is 12.1 Å². The summed E-state index contributed by atoms with van der Waals surface area (Å²) < 4.78 is 5.20. The molecule has 1 atom stereocenters. The molecule has 1 fully saturated rings. The van der Waals surface area contributed by atoms with E-state index in [0.29, 0.717) is 11.8 Å². The fraction of sp³-hybridized carbons (Fsp3) is 0.562. The molecule has 0 aliphatic carbocycles. The van der Waals surface area contributed by atoms with Gasteiger partial charge in [0.1, 0.15) is 11.3 Å². The number of aromatic carboxylic acids is 1. The Bertz CT molecular complexity index is 504. The molecule has 1 aliphatic rings. The quantitative estimate of drug-likeness (QED) is 0.919. The average Bonchev–Trinajstić information content (AvgIpc) is 2.60. The average molecular weight is 292 g/mol. The highest BCUT2D eigenvalue weighted by Crippen LogP contribution is 2.22. The van der Waals surface area contributed by atoms with Gasteiger partial charge < -0.3 is 14.7 Å². The van der Waals surface area contributed by atoms with Gasteiger partial charge in [-0.25, -0.2) is 4.79 Å². The normalized spacial score (nSPS) is 21.0. The van der Waals surface area contributed by atoms with E-state index in [4.69, 9.17) is 9.84 Å². The highest BCUT2D eigenvalue weighted by atomic mass is 16.5. The number of carboxylic acid groups (broad SMARTS) is 1. The van der Waals surface area contributed by atoms with Crippen LogP contribution in [0.3, 0.4) is 0 Å². The van der Waals surface area contributed by atoms with Gasteiger partial charge in [-0.2, -0.15) is 0 Å². The number of carboxylic acids is 1. The van der Waals surface area contributed by atoms with Crippen molar-refractivity contribution < 1.29 is 14.6 Å². The van der Waals surface area contributed by atoms with Crippen LogP contribution in [0, 0.1) is 0 Å². The summed E-state index contributed by atoms with van der Waals surface area (Å²) in [5.41, 5.74) is 1.30. The van der Waals surface area contributed by atoms with Gasteiger partial charge in [0, 0.05) is 25.7 Å². The Morgan fingerprint density at radius 2 is 2.19 bits per heavy atom. The highest BCUT2D eigenvalue weighted by molar-refractivity contribution is 5.90. The Hall–Kier alpha value is -1.59. The molecule has 21 heavy (non-hydrogen) atoms. The Labute approximate surface area is 126 Å². The first kappa shape index (κ1) is 15.8. The molecule has 1 heterocycles. The second-order valence-corrected chi connectivity index (χ2v) is 5.78. The summed E-state index contributed by atoms with van der Waals surface area (Å²) in [6.45, 7) is 6.32. The molecule has 0 saturated carbocycles. The summed E-state index contributed by atoms with van der Waals surface area (Å²) >= 11 is 0. The molecule has 0 spiro atoms. The number of nitrogens with zero attached hydrogens (tertiary/aromatic N) is 2. The third-order valence-electron chi connectivity index (χ3n) is 4.07. The van der Waals surface area contributed by atoms with Crippen LogP contribution in [-0.2, 0) is 6.54 Å². The van der Waals surface area contributed by atoms with Gasteiger partial charge in [-0.1, -0.05) is 6.07 Å². The lowest BCUT2D eigenvalue weighted by molar-refractivity contribution is 0.0693. The molecular formula is C16H24N2O3. The maximum Gasteiger partial charge on any atom is 0.339 e. The van der Waals surface area contributed by atoms with Crippen LogP contribution in [0.4, 0.5) is 0 Å². The third kappa shape index (κ3) is 3.95. The molecule has 5 heteroatoms. The number of ether oxygens (including phenoxy) is 1. The van der Waals surface area contributed by atoms with Gasteiger partial charge in [0.05, 0.1) is 7.11 Å². The van der Waals surface area contributed by atoms with E-state index in [9.17, 15) is 4.79 Å². The number of likely N-dealkylation sites (N-methyl/N-ethyl adjacent to an activating group) is 1. The summed E-state index contributed by atoms with van der Waals surface area (Å²) in [5.74, 6) is -0.525. The second-order valence-electron chi connectivity index (χ2n) is 5.78. The van der Waals surface area contributed by atoms with Crippen LogP contribution in [0.5, 0.6) is 5.75 Å². The number of carbonyl (C=O) groups is 1. The minimum Gasteiger partial charge on any atom is -0.496 e. The van der Waals surface area contributed by atoms with Crippen molar-refractivity contribution in [2.24, 2.45) is 0 Å². The summed E-state index contributed by atoms with van der Waals surface area (Å²) in [6.07, 6.45) is 1.16. The Balaban J connectivity index is 2.13. The van der Waals surface area contributed by atoms with Gasteiger partial charge in [-0.3, -0.25) is 4.90 Å². The molecule has 2 rings (SSSR count). The van der Waals surface area contributed by atoms with E-state index >= 15 is 0 Å². The Morgan fingerprint density at radius 1 is 1.43 bits per heavy atom. The van der Waals surface area contributed by atoms with Gasteiger partial charge in [0.25, 0.3) is 0 Å². The smallest absolute Gasteiger partial charge is 0.339 e. The molecule has 1 aromatic carbocycles. The molecule has 0 aromatic heterocycles. The SMILES string of the molecule is COc1cc(CN2CCCN(C)CC2C)ccc1C(=O)O. The van der Waals surface area contributed by atoms with Gasteiger partial charge in [0.15, 0.2) is 0 Å². The van der Waals surface area contributed by atoms with Gasteiger partial charge in [-0.05, 0) is 44.6 Å². The van der Waals surface area contributed by atoms with E-state index < -0.39 is 5.97 Å². The van der Waals surface area contributed by atoms with Crippen molar-refractivity contribution in [2.45, 2.75) is 25.9 Å². The molecule has 5 nitrogen and oxygen atoms in total. The molecule has 1 aromatic rings. The summed E-state index contributed by atoms with van der Waals surface area (Å²) in [4.78, 5) is 15.9. The molecule has 1 unspecified atom stereocenters. The molecule has 0 amide bonds. The lowest BCUT2D eigenvalue weighted by Gasteiger charge is -2.28. The molecule has 0 radical (unpaired) electrons. The van der Waals surface area contributed by atoms with Crippen LogP contribution >= 0.6 is 0 Å². The zero-order valence-electron chi connectivity index (χ0n) is 13.0. The van der Waals surface area contributed by atoms with Crippen LogP contribution < -0.4 is 4.74 Å². The fourth-order valence-corrected chi connectivity index (χ4v) is 2.90. The number of benzene rings is 1. The first-order valence-corrected chi connectivity index (χ1v) is 7.34. The Morgan fingerprint density at radius 3 is 2.86 bits per heavy atom. The first-order chi connectivity index (χ1) is 10.0. The van der Waals surface area contributed by atoms with Crippen molar-refractivity contribution in [1.82, 2.24) is 9.80 Å². The largest absolute Gasteiger partial charge is 0.496 e. The van der Waals surface area contributed by atoms with Crippen LogP contribution in [0.1, 0.15) is 29.3 Å². The van der Waals surface area contributed by atoms with Crippen molar-refractivity contribution in [3.63, 3.8) is 0 Å². The van der Waals surface area contributed by atoms with Crippen molar-refractivity contribution >= 4 is 5.97 Å². The number of methoxy groups -OCH3 is 1. The minimum absolute atomic E-state index is 0.213. The van der Waals surface area contributed by atoms with Crippen molar-refractivity contribution in [1.29, 1.82) is 0 Å². The molecule has 1 saturated heterocycles. The third-order valence-corrected chi connectivity index (χ3v) is 4.07. The Kier molecular flexibility index (Phi) is 5.20. The van der Waals surface area contributed by atoms with Gasteiger partial charge in [0.2, 0.25) is 0 Å². The number of hydrogen-bond donors (Lipinski definition) is 1. The molecule has 1 N–H and O–H groups in total. The maximum atomic E-state index is 11.1. The van der Waals surface area contributed by atoms with E-state index in [1.165, 1.54) is 7.11 Å². The molecule has 0 bridgehead atoms. The van der Waals surface area contributed by atoms with Crippen LogP contribution in [0.25, 0.3) is 0 Å². The monoisotopic (exact) mass is 292 g/mol. The van der Waals surface area contributed by atoms with Crippen molar-refractivity contribution in [3.05, 3.63) is 29.3 Å². The zero-order chi connectivity index (χ0) is 15.4. The predicted molar refractivity (Wildman–Crippen MR) is 81.9 cm³/mol. The van der Waals surface area contributed by atoms with E-state index in [0.717, 1.165) is 38.2 Å². The zero-order valence-corrected chi connectivity index (χ0v) is 13.0. The highest BCUT2D eigenvalue weighted by Gasteiger charge is 2.20. The van der Waals surface area contributed by atoms with E-state index in [2.05, 4.69) is 23.8 Å². The summed E-state index contributed by atoms with van der Waals surface area (Å²) in [5, 5.41) is 9.12. The fourth-order valence-electron chi connectivity index (χ4n) is 2.90. The predicted octanol–water partition coefficient (Wildman–Crippen LogP) is 1.92.